The first-order chi connectivity index (χ1) is 13.0. The molecule has 4 rings (SSSR count). The lowest BCUT2D eigenvalue weighted by Crippen LogP contribution is -2.28. The number of benzene rings is 2. The van der Waals surface area contributed by atoms with Crippen molar-refractivity contribution in [3.05, 3.63) is 52.8 Å². The van der Waals surface area contributed by atoms with E-state index in [0.717, 1.165) is 33.7 Å². The molecule has 27 heavy (non-hydrogen) atoms. The van der Waals surface area contributed by atoms with E-state index in [9.17, 15) is 4.79 Å². The second kappa shape index (κ2) is 6.95. The number of ether oxygens (including phenoxy) is 2. The first-order valence-corrected chi connectivity index (χ1v) is 9.14. The van der Waals surface area contributed by atoms with Gasteiger partial charge >= 0.3 is 0 Å². The minimum atomic E-state index is -0.137. The molecule has 0 aliphatic carbocycles. The van der Waals surface area contributed by atoms with Gasteiger partial charge in [0.15, 0.2) is 11.5 Å². The molecular weight excluding hydrogens is 342 g/mol. The van der Waals surface area contributed by atoms with E-state index in [1.807, 2.05) is 32.0 Å². The van der Waals surface area contributed by atoms with E-state index in [1.54, 1.807) is 0 Å². The number of fused-ring (bicyclic) bond motifs is 2. The Morgan fingerprint density at radius 2 is 1.96 bits per heavy atom. The lowest BCUT2D eigenvalue weighted by Gasteiger charge is -2.21. The van der Waals surface area contributed by atoms with E-state index >= 15 is 0 Å². The molecule has 1 aromatic heterocycles. The van der Waals surface area contributed by atoms with Gasteiger partial charge in [0.2, 0.25) is 5.91 Å². The summed E-state index contributed by atoms with van der Waals surface area (Å²) in [6.07, 6.45) is 0.210. The Morgan fingerprint density at radius 3 is 2.78 bits per heavy atom. The highest BCUT2D eigenvalue weighted by molar-refractivity contribution is 5.82. The highest BCUT2D eigenvalue weighted by Crippen LogP contribution is 2.32. The molecule has 0 bridgehead atoms. The van der Waals surface area contributed by atoms with Crippen LogP contribution in [0.25, 0.3) is 11.0 Å². The van der Waals surface area contributed by atoms with Gasteiger partial charge in [-0.25, -0.2) is 4.98 Å². The summed E-state index contributed by atoms with van der Waals surface area (Å²) in [7, 11) is 0. The lowest BCUT2D eigenvalue weighted by atomic mass is 10.1. The van der Waals surface area contributed by atoms with Crippen molar-refractivity contribution < 1.29 is 14.3 Å². The second-order valence-corrected chi connectivity index (χ2v) is 7.03. The van der Waals surface area contributed by atoms with Crippen molar-refractivity contribution in [2.75, 3.05) is 13.2 Å². The zero-order valence-electron chi connectivity index (χ0n) is 15.8. The van der Waals surface area contributed by atoms with Gasteiger partial charge in [0.05, 0.1) is 23.5 Å². The van der Waals surface area contributed by atoms with Crippen LogP contribution < -0.4 is 14.8 Å². The Bertz CT molecular complexity index is 1010. The maximum Gasteiger partial charge on any atom is 0.228 e. The van der Waals surface area contributed by atoms with Crippen LogP contribution in [0.2, 0.25) is 0 Å². The van der Waals surface area contributed by atoms with Crippen molar-refractivity contribution in [3.8, 4) is 11.5 Å². The fourth-order valence-corrected chi connectivity index (χ4v) is 3.46. The number of rotatable bonds is 4. The number of aromatic nitrogens is 2. The molecule has 1 atom stereocenters. The third-order valence-electron chi connectivity index (χ3n) is 4.74. The number of H-pyrrole nitrogens is 1. The fourth-order valence-electron chi connectivity index (χ4n) is 3.46. The summed E-state index contributed by atoms with van der Waals surface area (Å²) in [6.45, 7) is 7.14. The first kappa shape index (κ1) is 17.4. The fraction of sp³-hybridized carbons (Fsp3) is 0.333. The average Bonchev–Trinajstić information content (AvgIpc) is 3.03. The molecule has 6 nitrogen and oxygen atoms in total. The highest BCUT2D eigenvalue weighted by Gasteiger charge is 2.17. The van der Waals surface area contributed by atoms with Crippen LogP contribution in [0.15, 0.2) is 30.3 Å². The van der Waals surface area contributed by atoms with Gasteiger partial charge in [0, 0.05) is 0 Å². The Balaban J connectivity index is 1.45. The minimum Gasteiger partial charge on any atom is -0.486 e. The van der Waals surface area contributed by atoms with Gasteiger partial charge in [-0.2, -0.15) is 0 Å². The molecule has 0 fully saturated rings. The molecule has 0 saturated carbocycles. The molecule has 2 aromatic carbocycles. The zero-order valence-corrected chi connectivity index (χ0v) is 15.8. The van der Waals surface area contributed by atoms with Gasteiger partial charge in [-0.3, -0.25) is 4.79 Å². The van der Waals surface area contributed by atoms with Gasteiger partial charge in [-0.05, 0) is 55.7 Å². The van der Waals surface area contributed by atoms with Crippen LogP contribution in [0.3, 0.4) is 0 Å². The van der Waals surface area contributed by atoms with Gasteiger partial charge in [0.25, 0.3) is 0 Å². The maximum absolute atomic E-state index is 12.5. The summed E-state index contributed by atoms with van der Waals surface area (Å²) in [5.41, 5.74) is 5.14. The summed E-state index contributed by atoms with van der Waals surface area (Å²) in [5.74, 6) is 2.07. The van der Waals surface area contributed by atoms with Crippen LogP contribution >= 0.6 is 0 Å². The lowest BCUT2D eigenvalue weighted by molar-refractivity contribution is -0.121. The van der Waals surface area contributed by atoms with E-state index in [1.165, 1.54) is 5.56 Å². The van der Waals surface area contributed by atoms with Crippen LogP contribution in [0, 0.1) is 13.8 Å². The molecule has 0 unspecified atom stereocenters. The van der Waals surface area contributed by atoms with Gasteiger partial charge in [-0.15, -0.1) is 0 Å². The third kappa shape index (κ3) is 3.60. The molecule has 0 spiro atoms. The molecule has 2 heterocycles. The number of amides is 1. The smallest absolute Gasteiger partial charge is 0.228 e. The predicted octanol–water partition coefficient (Wildman–Crippen LogP) is 3.37. The van der Waals surface area contributed by atoms with Crippen molar-refractivity contribution in [3.63, 3.8) is 0 Å². The third-order valence-corrected chi connectivity index (χ3v) is 4.74. The van der Waals surface area contributed by atoms with Crippen LogP contribution in [0.1, 0.15) is 35.5 Å². The largest absolute Gasteiger partial charge is 0.486 e. The van der Waals surface area contributed by atoms with Gasteiger partial charge in [-0.1, -0.05) is 12.1 Å². The van der Waals surface area contributed by atoms with E-state index in [-0.39, 0.29) is 18.4 Å². The topological polar surface area (TPSA) is 76.2 Å². The highest BCUT2D eigenvalue weighted by atomic mass is 16.6. The summed E-state index contributed by atoms with van der Waals surface area (Å²) in [5, 5.41) is 3.03. The summed E-state index contributed by atoms with van der Waals surface area (Å²) >= 11 is 0. The number of carbonyl (C=O) groups excluding carboxylic acids is 1. The molecule has 1 aliphatic heterocycles. The van der Waals surface area contributed by atoms with E-state index in [2.05, 4.69) is 34.3 Å². The Kier molecular flexibility index (Phi) is 4.48. The second-order valence-electron chi connectivity index (χ2n) is 7.03. The Morgan fingerprint density at radius 1 is 1.19 bits per heavy atom. The zero-order chi connectivity index (χ0) is 19.0. The summed E-state index contributed by atoms with van der Waals surface area (Å²) in [6, 6.07) is 9.77. The Labute approximate surface area is 157 Å². The van der Waals surface area contributed by atoms with Crippen molar-refractivity contribution in [2.24, 2.45) is 0 Å². The number of imidazole rings is 1. The molecule has 2 N–H and O–H groups in total. The number of aromatic amines is 1. The van der Waals surface area contributed by atoms with Crippen molar-refractivity contribution in [1.29, 1.82) is 0 Å². The first-order valence-electron chi connectivity index (χ1n) is 9.14. The molecule has 140 valence electrons. The number of nitrogens with one attached hydrogen (secondary N) is 2. The van der Waals surface area contributed by atoms with E-state index in [4.69, 9.17) is 9.47 Å². The molecular formula is C21H23N3O3. The van der Waals surface area contributed by atoms with Crippen LogP contribution in [0.4, 0.5) is 0 Å². The molecule has 0 radical (unpaired) electrons. The molecule has 6 heteroatoms. The standard InChI is InChI=1S/C21H23N3O3/c1-12-8-13(2)21-16(9-12)23-19(24-21)11-20(25)22-14(3)15-4-5-17-18(10-15)27-7-6-26-17/h4-5,8-10,14H,6-7,11H2,1-3H3,(H,22,25)(H,23,24)/t14-/m1/s1. The Hall–Kier alpha value is -3.02. The molecule has 3 aromatic rings. The van der Waals surface area contributed by atoms with Crippen LogP contribution in [-0.2, 0) is 11.2 Å². The average molecular weight is 365 g/mol. The predicted molar refractivity (Wildman–Crippen MR) is 103 cm³/mol. The SMILES string of the molecule is Cc1cc(C)c2nc(CC(=O)N[C@H](C)c3ccc4c(c3)OCCO4)[nH]c2c1. The summed E-state index contributed by atoms with van der Waals surface area (Å²) < 4.78 is 11.2. The minimum absolute atomic E-state index is 0.0779. The number of nitrogens with zero attached hydrogens (tertiary/aromatic N) is 1. The van der Waals surface area contributed by atoms with Crippen LogP contribution in [-0.4, -0.2) is 29.1 Å². The van der Waals surface area contributed by atoms with E-state index in [0.29, 0.717) is 19.0 Å². The van der Waals surface area contributed by atoms with Gasteiger partial charge < -0.3 is 19.8 Å². The van der Waals surface area contributed by atoms with Crippen molar-refractivity contribution in [2.45, 2.75) is 33.2 Å². The normalized spacial score (nSPS) is 14.2. The van der Waals surface area contributed by atoms with Gasteiger partial charge in [0.1, 0.15) is 19.0 Å². The van der Waals surface area contributed by atoms with Crippen LogP contribution in [0.5, 0.6) is 11.5 Å². The summed E-state index contributed by atoms with van der Waals surface area (Å²) in [4.78, 5) is 20.3. The molecule has 1 amide bonds. The van der Waals surface area contributed by atoms with Crippen molar-refractivity contribution in [1.82, 2.24) is 15.3 Å². The number of carbonyl (C=O) groups is 1. The molecule has 1 aliphatic rings. The maximum atomic E-state index is 12.5. The quantitative estimate of drug-likeness (QED) is 0.743. The van der Waals surface area contributed by atoms with Crippen molar-refractivity contribution >= 4 is 16.9 Å². The van der Waals surface area contributed by atoms with E-state index < -0.39 is 0 Å². The number of hydrogen-bond donors (Lipinski definition) is 2. The number of hydrogen-bond acceptors (Lipinski definition) is 4. The molecule has 0 saturated heterocycles. The monoisotopic (exact) mass is 365 g/mol. The number of aryl methyl sites for hydroxylation is 2.